The second kappa shape index (κ2) is 4.11. The van der Waals surface area contributed by atoms with E-state index in [9.17, 15) is 5.11 Å². The highest BCUT2D eigenvalue weighted by Gasteiger charge is 2.27. The number of ether oxygens (including phenoxy) is 1. The zero-order valence-electron chi connectivity index (χ0n) is 7.83. The zero-order valence-corrected chi connectivity index (χ0v) is 7.83. The molecular weight excluding hydrogens is 166 g/mol. The van der Waals surface area contributed by atoms with Crippen LogP contribution in [0.25, 0.3) is 0 Å². The second-order valence-electron chi connectivity index (χ2n) is 3.74. The molecule has 2 rings (SSSR count). The Balaban J connectivity index is 1.94. The molecule has 2 atom stereocenters. The fourth-order valence-electron chi connectivity index (χ4n) is 1.96. The van der Waals surface area contributed by atoms with Crippen molar-refractivity contribution in [3.8, 4) is 0 Å². The Labute approximate surface area is 78.8 Å². The van der Waals surface area contributed by atoms with Crippen molar-refractivity contribution in [3.63, 3.8) is 0 Å². The van der Waals surface area contributed by atoms with Gasteiger partial charge in [0.25, 0.3) is 0 Å². The lowest BCUT2D eigenvalue weighted by Crippen LogP contribution is -2.37. The van der Waals surface area contributed by atoms with Crippen LogP contribution in [0.15, 0.2) is 11.8 Å². The highest BCUT2D eigenvalue weighted by Crippen LogP contribution is 2.20. The maximum atomic E-state index is 9.92. The predicted molar refractivity (Wildman–Crippen MR) is 50.3 cm³/mol. The largest absolute Gasteiger partial charge is 0.495 e. The van der Waals surface area contributed by atoms with E-state index in [0.29, 0.717) is 0 Å². The minimum Gasteiger partial charge on any atom is -0.495 e. The van der Waals surface area contributed by atoms with Crippen LogP contribution >= 0.6 is 0 Å². The lowest BCUT2D eigenvalue weighted by Gasteiger charge is -2.24. The van der Waals surface area contributed by atoms with Crippen LogP contribution in [0.5, 0.6) is 0 Å². The lowest BCUT2D eigenvalue weighted by molar-refractivity contribution is 0.0719. The summed E-state index contributed by atoms with van der Waals surface area (Å²) in [5.74, 6) is 0.783. The van der Waals surface area contributed by atoms with Crippen LogP contribution in [-0.4, -0.2) is 30.4 Å². The molecule has 0 amide bonds. The van der Waals surface area contributed by atoms with Crippen molar-refractivity contribution in [1.82, 2.24) is 5.32 Å². The summed E-state index contributed by atoms with van der Waals surface area (Å²) in [6, 6.07) is 0.212. The predicted octanol–water partition coefficient (Wildman–Crippen LogP) is 0.794. The van der Waals surface area contributed by atoms with Gasteiger partial charge in [0.05, 0.1) is 6.61 Å². The van der Waals surface area contributed by atoms with Crippen molar-refractivity contribution in [2.24, 2.45) is 0 Å². The van der Waals surface area contributed by atoms with E-state index in [-0.39, 0.29) is 6.04 Å². The number of aliphatic hydroxyl groups excluding tert-OH is 1. The third kappa shape index (κ3) is 2.03. The SMILES string of the molecule is OC(C1=CCCCO1)C1CCCN1. The molecule has 3 heteroatoms. The summed E-state index contributed by atoms with van der Waals surface area (Å²) in [5.41, 5.74) is 0. The molecule has 2 N–H and O–H groups in total. The Hall–Kier alpha value is -0.540. The molecule has 0 bridgehead atoms. The lowest BCUT2D eigenvalue weighted by atomic mass is 10.1. The first kappa shape index (κ1) is 9.03. The van der Waals surface area contributed by atoms with E-state index in [1.165, 1.54) is 0 Å². The number of rotatable bonds is 2. The van der Waals surface area contributed by atoms with Crippen molar-refractivity contribution in [1.29, 1.82) is 0 Å². The molecule has 0 aliphatic carbocycles. The standard InChI is InChI=1S/C10H17NO2/c12-10(8-4-3-6-11-8)9-5-1-2-7-13-9/h5,8,10-12H,1-4,6-7H2. The number of aliphatic hydroxyl groups is 1. The molecule has 0 spiro atoms. The van der Waals surface area contributed by atoms with Crippen LogP contribution in [0.2, 0.25) is 0 Å². The summed E-state index contributed by atoms with van der Waals surface area (Å²) in [7, 11) is 0. The van der Waals surface area contributed by atoms with Crippen molar-refractivity contribution in [2.45, 2.75) is 37.8 Å². The Morgan fingerprint density at radius 3 is 3.08 bits per heavy atom. The highest BCUT2D eigenvalue weighted by atomic mass is 16.5. The Bertz CT molecular complexity index is 197. The molecule has 74 valence electrons. The monoisotopic (exact) mass is 183 g/mol. The molecule has 3 nitrogen and oxygen atoms in total. The molecule has 1 fully saturated rings. The molecule has 2 unspecified atom stereocenters. The van der Waals surface area contributed by atoms with Crippen LogP contribution < -0.4 is 5.32 Å². The van der Waals surface area contributed by atoms with E-state index in [1.54, 1.807) is 0 Å². The fourth-order valence-corrected chi connectivity index (χ4v) is 1.96. The number of hydrogen-bond donors (Lipinski definition) is 2. The molecule has 0 saturated carbocycles. The van der Waals surface area contributed by atoms with Crippen molar-refractivity contribution < 1.29 is 9.84 Å². The van der Waals surface area contributed by atoms with Gasteiger partial charge in [-0.15, -0.1) is 0 Å². The van der Waals surface area contributed by atoms with E-state index >= 15 is 0 Å². The molecule has 2 aliphatic rings. The Morgan fingerprint density at radius 1 is 1.54 bits per heavy atom. The Kier molecular flexibility index (Phi) is 2.86. The van der Waals surface area contributed by atoms with Gasteiger partial charge in [-0.3, -0.25) is 0 Å². The molecule has 0 aromatic heterocycles. The minimum atomic E-state index is -0.428. The van der Waals surface area contributed by atoms with Gasteiger partial charge in [0.2, 0.25) is 0 Å². The van der Waals surface area contributed by atoms with Gasteiger partial charge in [-0.1, -0.05) is 0 Å². The number of nitrogens with one attached hydrogen (secondary N) is 1. The highest BCUT2D eigenvalue weighted by molar-refractivity contribution is 5.07. The summed E-state index contributed by atoms with van der Waals surface area (Å²) in [5, 5.41) is 13.2. The average molecular weight is 183 g/mol. The molecule has 0 radical (unpaired) electrons. The fraction of sp³-hybridized carbons (Fsp3) is 0.800. The van der Waals surface area contributed by atoms with Crippen LogP contribution in [0, 0.1) is 0 Å². The van der Waals surface area contributed by atoms with E-state index in [0.717, 1.165) is 44.6 Å². The van der Waals surface area contributed by atoms with E-state index in [2.05, 4.69) is 5.32 Å². The number of hydrogen-bond acceptors (Lipinski definition) is 3. The molecule has 2 aliphatic heterocycles. The van der Waals surface area contributed by atoms with Crippen molar-refractivity contribution in [3.05, 3.63) is 11.8 Å². The van der Waals surface area contributed by atoms with Gasteiger partial charge in [0.15, 0.2) is 0 Å². The van der Waals surface area contributed by atoms with Crippen LogP contribution in [0.1, 0.15) is 25.7 Å². The second-order valence-corrected chi connectivity index (χ2v) is 3.74. The van der Waals surface area contributed by atoms with Crippen molar-refractivity contribution >= 4 is 0 Å². The third-order valence-corrected chi connectivity index (χ3v) is 2.73. The molecule has 13 heavy (non-hydrogen) atoms. The zero-order chi connectivity index (χ0) is 9.10. The summed E-state index contributed by atoms with van der Waals surface area (Å²) in [4.78, 5) is 0. The maximum absolute atomic E-state index is 9.92. The minimum absolute atomic E-state index is 0.212. The van der Waals surface area contributed by atoms with E-state index < -0.39 is 6.10 Å². The van der Waals surface area contributed by atoms with Gasteiger partial charge >= 0.3 is 0 Å². The van der Waals surface area contributed by atoms with E-state index in [4.69, 9.17) is 4.74 Å². The van der Waals surface area contributed by atoms with Gasteiger partial charge in [-0.05, 0) is 38.3 Å². The molecule has 0 aromatic rings. The smallest absolute Gasteiger partial charge is 0.126 e. The maximum Gasteiger partial charge on any atom is 0.126 e. The van der Waals surface area contributed by atoms with Gasteiger partial charge in [0.1, 0.15) is 11.9 Å². The number of allylic oxidation sites excluding steroid dienone is 1. The van der Waals surface area contributed by atoms with Gasteiger partial charge < -0.3 is 15.2 Å². The first-order valence-corrected chi connectivity index (χ1v) is 5.12. The third-order valence-electron chi connectivity index (χ3n) is 2.73. The van der Waals surface area contributed by atoms with Gasteiger partial charge in [-0.2, -0.15) is 0 Å². The molecule has 2 heterocycles. The average Bonchev–Trinajstić information content (AvgIpc) is 2.71. The van der Waals surface area contributed by atoms with E-state index in [1.807, 2.05) is 6.08 Å². The van der Waals surface area contributed by atoms with Gasteiger partial charge in [-0.25, -0.2) is 0 Å². The first-order chi connectivity index (χ1) is 6.38. The summed E-state index contributed by atoms with van der Waals surface area (Å²) >= 11 is 0. The molecule has 0 aromatic carbocycles. The quantitative estimate of drug-likeness (QED) is 0.665. The summed E-state index contributed by atoms with van der Waals surface area (Å²) in [6.45, 7) is 1.78. The van der Waals surface area contributed by atoms with Crippen LogP contribution in [-0.2, 0) is 4.74 Å². The Morgan fingerprint density at radius 2 is 2.46 bits per heavy atom. The summed E-state index contributed by atoms with van der Waals surface area (Å²) < 4.78 is 5.42. The van der Waals surface area contributed by atoms with Crippen LogP contribution in [0.4, 0.5) is 0 Å². The molecule has 1 saturated heterocycles. The van der Waals surface area contributed by atoms with Gasteiger partial charge in [0, 0.05) is 6.04 Å². The first-order valence-electron chi connectivity index (χ1n) is 5.12. The summed E-state index contributed by atoms with van der Waals surface area (Å²) in [6.07, 6.45) is 5.93. The topological polar surface area (TPSA) is 41.5 Å². The molecular formula is C10H17NO2. The van der Waals surface area contributed by atoms with Crippen molar-refractivity contribution in [2.75, 3.05) is 13.2 Å². The van der Waals surface area contributed by atoms with Crippen LogP contribution in [0.3, 0.4) is 0 Å². The normalized spacial score (nSPS) is 30.8.